The Balaban J connectivity index is 1.97. The van der Waals surface area contributed by atoms with Gasteiger partial charge in [0.25, 0.3) is 0 Å². The number of halogens is 4. The van der Waals surface area contributed by atoms with Crippen molar-refractivity contribution in [2.75, 3.05) is 19.9 Å². The van der Waals surface area contributed by atoms with Crippen LogP contribution in [0, 0.1) is 0 Å². The average Bonchev–Trinajstić information content (AvgIpc) is 2.59. The molecule has 1 amide bonds. The first kappa shape index (κ1) is 20.5. The van der Waals surface area contributed by atoms with Crippen molar-refractivity contribution in [3.05, 3.63) is 58.6 Å². The molecular formula is C18H17ClF3NO2S. The zero-order valence-electron chi connectivity index (χ0n) is 14.1. The second kappa shape index (κ2) is 8.68. The van der Waals surface area contributed by atoms with Gasteiger partial charge in [0.15, 0.2) is 0 Å². The first-order chi connectivity index (χ1) is 12.2. The van der Waals surface area contributed by atoms with Gasteiger partial charge in [-0.15, -0.1) is 11.8 Å². The summed E-state index contributed by atoms with van der Waals surface area (Å²) in [6.07, 6.45) is -4.53. The third-order valence-corrected chi connectivity index (χ3v) is 4.89. The fourth-order valence-electron chi connectivity index (χ4n) is 2.20. The summed E-state index contributed by atoms with van der Waals surface area (Å²) in [5.41, 5.74) is -0.00241. The molecule has 0 spiro atoms. The van der Waals surface area contributed by atoms with Gasteiger partial charge in [-0.25, -0.2) is 0 Å². The second-order valence-electron chi connectivity index (χ2n) is 5.53. The minimum absolute atomic E-state index is 0.0272. The lowest BCUT2D eigenvalue weighted by atomic mass is 10.2. The highest BCUT2D eigenvalue weighted by atomic mass is 35.5. The predicted octanol–water partition coefficient (Wildman–Crippen LogP) is 5.12. The summed E-state index contributed by atoms with van der Waals surface area (Å²) in [4.78, 5) is 14.1. The third kappa shape index (κ3) is 5.57. The summed E-state index contributed by atoms with van der Waals surface area (Å²) in [6.45, 7) is 0.380. The van der Waals surface area contributed by atoms with Gasteiger partial charge >= 0.3 is 6.18 Å². The molecular weight excluding hydrogens is 387 g/mol. The van der Waals surface area contributed by atoms with E-state index in [0.717, 1.165) is 23.4 Å². The second-order valence-corrected chi connectivity index (χ2v) is 6.99. The fraction of sp³-hybridized carbons (Fsp3) is 0.278. The molecule has 2 rings (SSSR count). The van der Waals surface area contributed by atoms with E-state index in [-0.39, 0.29) is 16.7 Å². The Labute approximate surface area is 159 Å². The van der Waals surface area contributed by atoms with Crippen LogP contribution in [0.15, 0.2) is 47.4 Å². The zero-order valence-corrected chi connectivity index (χ0v) is 15.7. The minimum atomic E-state index is -4.53. The van der Waals surface area contributed by atoms with Crippen molar-refractivity contribution < 1.29 is 22.7 Å². The predicted molar refractivity (Wildman–Crippen MR) is 96.6 cm³/mol. The molecule has 2 aromatic carbocycles. The van der Waals surface area contributed by atoms with Gasteiger partial charge in [-0.3, -0.25) is 4.79 Å². The van der Waals surface area contributed by atoms with Gasteiger partial charge in [-0.1, -0.05) is 23.7 Å². The number of alkyl halides is 3. The van der Waals surface area contributed by atoms with Crippen molar-refractivity contribution in [1.29, 1.82) is 0 Å². The largest absolute Gasteiger partial charge is 0.497 e. The molecule has 0 aliphatic carbocycles. The van der Waals surface area contributed by atoms with E-state index in [0.29, 0.717) is 17.2 Å². The van der Waals surface area contributed by atoms with Crippen molar-refractivity contribution in [3.63, 3.8) is 0 Å². The number of hydrogen-bond acceptors (Lipinski definition) is 3. The summed E-state index contributed by atoms with van der Waals surface area (Å²) in [5, 5.41) is -0.358. The van der Waals surface area contributed by atoms with E-state index in [4.69, 9.17) is 16.3 Å². The molecule has 2 aromatic rings. The normalized spacial score (nSPS) is 11.3. The number of benzene rings is 2. The van der Waals surface area contributed by atoms with E-state index in [2.05, 4.69) is 0 Å². The van der Waals surface area contributed by atoms with Crippen molar-refractivity contribution in [3.8, 4) is 5.75 Å². The fourth-order valence-corrected chi connectivity index (χ4v) is 3.30. The summed E-state index contributed by atoms with van der Waals surface area (Å²) in [5.74, 6) is 0.527. The number of amides is 1. The van der Waals surface area contributed by atoms with Crippen LogP contribution in [0.25, 0.3) is 0 Å². The molecule has 140 valence electrons. The summed E-state index contributed by atoms with van der Waals surface area (Å²) in [6, 6.07) is 10.9. The Morgan fingerprint density at radius 1 is 1.23 bits per heavy atom. The molecule has 8 heteroatoms. The Morgan fingerprint density at radius 2 is 1.96 bits per heavy atom. The van der Waals surface area contributed by atoms with Crippen molar-refractivity contribution in [2.24, 2.45) is 0 Å². The van der Waals surface area contributed by atoms with E-state index in [1.165, 1.54) is 17.0 Å². The quantitative estimate of drug-likeness (QED) is 0.627. The van der Waals surface area contributed by atoms with Gasteiger partial charge in [0.05, 0.1) is 23.4 Å². The van der Waals surface area contributed by atoms with Crippen molar-refractivity contribution in [2.45, 2.75) is 17.6 Å². The molecule has 0 radical (unpaired) electrons. The number of thioether (sulfide) groups is 1. The summed E-state index contributed by atoms with van der Waals surface area (Å²) >= 11 is 6.63. The van der Waals surface area contributed by atoms with Crippen LogP contribution in [0.5, 0.6) is 5.75 Å². The summed E-state index contributed by atoms with van der Waals surface area (Å²) < 4.78 is 43.8. The lowest BCUT2D eigenvalue weighted by Crippen LogP contribution is -2.27. The van der Waals surface area contributed by atoms with Crippen LogP contribution in [0.1, 0.15) is 11.1 Å². The van der Waals surface area contributed by atoms with Crippen LogP contribution in [-0.4, -0.2) is 30.7 Å². The number of nitrogens with zero attached hydrogens (tertiary/aromatic N) is 1. The first-order valence-corrected chi connectivity index (χ1v) is 8.93. The van der Waals surface area contributed by atoms with Gasteiger partial charge in [0.2, 0.25) is 5.91 Å². The molecule has 0 saturated carbocycles. The highest BCUT2D eigenvalue weighted by molar-refractivity contribution is 8.00. The van der Waals surface area contributed by atoms with E-state index >= 15 is 0 Å². The maximum absolute atomic E-state index is 12.9. The molecule has 0 aliphatic rings. The Bertz CT molecular complexity index is 783. The third-order valence-electron chi connectivity index (χ3n) is 3.59. The zero-order chi connectivity index (χ0) is 19.3. The number of rotatable bonds is 6. The standard InChI is InChI=1S/C18H17ClF3NO2S/c1-23(10-12-4-3-5-13(8-12)25-2)17(24)11-26-14-6-7-16(19)15(9-14)18(20,21)22/h3-9H,10-11H2,1-2H3. The summed E-state index contributed by atoms with van der Waals surface area (Å²) in [7, 11) is 3.21. The van der Waals surface area contributed by atoms with Crippen LogP contribution < -0.4 is 4.74 Å². The minimum Gasteiger partial charge on any atom is -0.497 e. The van der Waals surface area contributed by atoms with Gasteiger partial charge in [-0.2, -0.15) is 13.2 Å². The van der Waals surface area contributed by atoms with Gasteiger partial charge < -0.3 is 9.64 Å². The molecule has 0 bridgehead atoms. The molecule has 0 heterocycles. The molecule has 3 nitrogen and oxygen atoms in total. The smallest absolute Gasteiger partial charge is 0.417 e. The lowest BCUT2D eigenvalue weighted by molar-refractivity contribution is -0.137. The highest BCUT2D eigenvalue weighted by Gasteiger charge is 2.33. The number of ether oxygens (including phenoxy) is 1. The van der Waals surface area contributed by atoms with Crippen LogP contribution in [0.3, 0.4) is 0 Å². The Hall–Kier alpha value is -1.86. The number of hydrogen-bond donors (Lipinski definition) is 0. The van der Waals surface area contributed by atoms with E-state index in [1.54, 1.807) is 20.2 Å². The van der Waals surface area contributed by atoms with E-state index in [1.807, 2.05) is 18.2 Å². The molecule has 0 fully saturated rings. The number of methoxy groups -OCH3 is 1. The lowest BCUT2D eigenvalue weighted by Gasteiger charge is -2.18. The van der Waals surface area contributed by atoms with Crippen molar-refractivity contribution in [1.82, 2.24) is 4.90 Å². The molecule has 0 unspecified atom stereocenters. The maximum Gasteiger partial charge on any atom is 0.417 e. The molecule has 0 N–H and O–H groups in total. The van der Waals surface area contributed by atoms with E-state index in [9.17, 15) is 18.0 Å². The number of carbonyl (C=O) groups excluding carboxylic acids is 1. The average molecular weight is 404 g/mol. The van der Waals surface area contributed by atoms with Gasteiger partial charge in [-0.05, 0) is 35.9 Å². The molecule has 0 aliphatic heterocycles. The molecule has 26 heavy (non-hydrogen) atoms. The van der Waals surface area contributed by atoms with Crippen LogP contribution in [-0.2, 0) is 17.5 Å². The highest BCUT2D eigenvalue weighted by Crippen LogP contribution is 2.37. The van der Waals surface area contributed by atoms with E-state index < -0.39 is 11.7 Å². The maximum atomic E-state index is 12.9. The van der Waals surface area contributed by atoms with Crippen LogP contribution in [0.4, 0.5) is 13.2 Å². The number of carbonyl (C=O) groups is 1. The Morgan fingerprint density at radius 3 is 2.62 bits per heavy atom. The van der Waals surface area contributed by atoms with Gasteiger partial charge in [0.1, 0.15) is 5.75 Å². The molecule has 0 aromatic heterocycles. The molecule has 0 saturated heterocycles. The monoisotopic (exact) mass is 403 g/mol. The molecule has 0 atom stereocenters. The van der Waals surface area contributed by atoms with Crippen molar-refractivity contribution >= 4 is 29.3 Å². The van der Waals surface area contributed by atoms with Crippen LogP contribution in [0.2, 0.25) is 5.02 Å². The van der Waals surface area contributed by atoms with Crippen LogP contribution >= 0.6 is 23.4 Å². The van der Waals surface area contributed by atoms with Gasteiger partial charge in [0, 0.05) is 18.5 Å². The first-order valence-electron chi connectivity index (χ1n) is 7.57. The topological polar surface area (TPSA) is 29.5 Å². The SMILES string of the molecule is COc1cccc(CN(C)C(=O)CSc2ccc(Cl)c(C(F)(F)F)c2)c1. The Kier molecular flexibility index (Phi) is 6.83.